The van der Waals surface area contributed by atoms with E-state index in [-0.39, 0.29) is 11.4 Å². The highest BCUT2D eigenvalue weighted by Gasteiger charge is 2.46. The third-order valence-corrected chi connectivity index (χ3v) is 4.81. The third kappa shape index (κ3) is 3.67. The molecule has 4 nitrogen and oxygen atoms in total. The van der Waals surface area contributed by atoms with Crippen molar-refractivity contribution >= 4 is 29.1 Å². The van der Waals surface area contributed by atoms with Gasteiger partial charge in [-0.2, -0.15) is 0 Å². The number of hydrogen-bond donors (Lipinski definition) is 1. The Morgan fingerprint density at radius 3 is 2.68 bits per heavy atom. The highest BCUT2D eigenvalue weighted by Crippen LogP contribution is 2.37. The normalized spacial score (nSPS) is 20.9. The third-order valence-electron chi connectivity index (χ3n) is 4.28. The van der Waals surface area contributed by atoms with Gasteiger partial charge < -0.3 is 15.0 Å². The van der Waals surface area contributed by atoms with E-state index < -0.39 is 6.10 Å². The van der Waals surface area contributed by atoms with Gasteiger partial charge in [-0.25, -0.2) is 0 Å². The van der Waals surface area contributed by atoms with Crippen molar-refractivity contribution in [2.75, 3.05) is 19.6 Å². The van der Waals surface area contributed by atoms with E-state index in [9.17, 15) is 4.79 Å². The van der Waals surface area contributed by atoms with Crippen molar-refractivity contribution < 1.29 is 9.53 Å². The van der Waals surface area contributed by atoms with Crippen LogP contribution in [0, 0.1) is 0 Å². The molecule has 0 aromatic heterocycles. The number of nitrogens with zero attached hydrogens (tertiary/aromatic N) is 1. The Labute approximate surface area is 140 Å². The molecular formula is C16H20Cl2N2O2. The fraction of sp³-hybridized carbons (Fsp3) is 0.562. The lowest BCUT2D eigenvalue weighted by Crippen LogP contribution is -2.52. The first kappa shape index (κ1) is 15.9. The minimum absolute atomic E-state index is 0.0427. The predicted molar refractivity (Wildman–Crippen MR) is 87.7 cm³/mol. The molecule has 0 radical (unpaired) electrons. The number of ether oxygens (including phenoxy) is 1. The van der Waals surface area contributed by atoms with Crippen molar-refractivity contribution in [1.82, 2.24) is 10.2 Å². The quantitative estimate of drug-likeness (QED) is 0.863. The van der Waals surface area contributed by atoms with Crippen LogP contribution in [0.25, 0.3) is 0 Å². The van der Waals surface area contributed by atoms with E-state index in [1.54, 1.807) is 25.1 Å². The second-order valence-corrected chi connectivity index (χ2v) is 7.08. The molecule has 3 rings (SSSR count). The van der Waals surface area contributed by atoms with Crippen LogP contribution >= 0.6 is 23.2 Å². The molecule has 2 aliphatic rings. The van der Waals surface area contributed by atoms with Gasteiger partial charge in [0.1, 0.15) is 5.75 Å². The minimum Gasteiger partial charge on any atom is -0.479 e. The Balaban J connectivity index is 1.55. The molecule has 1 unspecified atom stereocenters. The maximum absolute atomic E-state index is 12.3. The van der Waals surface area contributed by atoms with Crippen LogP contribution in [0.2, 0.25) is 10.0 Å². The van der Waals surface area contributed by atoms with Gasteiger partial charge in [0, 0.05) is 11.6 Å². The zero-order chi connectivity index (χ0) is 15.7. The molecule has 0 spiro atoms. The molecule has 1 aromatic rings. The smallest absolute Gasteiger partial charge is 0.261 e. The molecule has 1 aliphatic carbocycles. The summed E-state index contributed by atoms with van der Waals surface area (Å²) in [5.41, 5.74) is -0.0427. The van der Waals surface area contributed by atoms with Crippen molar-refractivity contribution in [2.24, 2.45) is 0 Å². The highest BCUT2D eigenvalue weighted by molar-refractivity contribution is 6.35. The largest absolute Gasteiger partial charge is 0.479 e. The van der Waals surface area contributed by atoms with Gasteiger partial charge in [-0.3, -0.25) is 4.79 Å². The van der Waals surface area contributed by atoms with E-state index in [0.29, 0.717) is 15.8 Å². The van der Waals surface area contributed by atoms with Crippen molar-refractivity contribution in [3.63, 3.8) is 0 Å². The van der Waals surface area contributed by atoms with Crippen LogP contribution in [0.3, 0.4) is 0 Å². The maximum atomic E-state index is 12.3. The van der Waals surface area contributed by atoms with Crippen molar-refractivity contribution in [1.29, 1.82) is 0 Å². The van der Waals surface area contributed by atoms with Gasteiger partial charge in [-0.1, -0.05) is 23.2 Å². The van der Waals surface area contributed by atoms with Crippen LogP contribution in [0.5, 0.6) is 5.75 Å². The standard InChI is InChI=1S/C16H20Cl2N2O2/c1-11(22-14-4-3-12(17)9-13(14)18)15(21)19-16(5-6-16)10-20-7-2-8-20/h3-4,9,11H,2,5-8,10H2,1H3,(H,19,21). The zero-order valence-corrected chi connectivity index (χ0v) is 14.1. The molecule has 120 valence electrons. The maximum Gasteiger partial charge on any atom is 0.261 e. The average molecular weight is 343 g/mol. The first-order valence-electron chi connectivity index (χ1n) is 7.64. The highest BCUT2D eigenvalue weighted by atomic mass is 35.5. The Bertz CT molecular complexity index is 571. The Morgan fingerprint density at radius 2 is 2.14 bits per heavy atom. The number of hydrogen-bond acceptors (Lipinski definition) is 3. The number of amides is 1. The van der Waals surface area contributed by atoms with Gasteiger partial charge in [-0.05, 0) is 57.5 Å². The molecule has 6 heteroatoms. The van der Waals surface area contributed by atoms with Crippen LogP contribution in [0.1, 0.15) is 26.2 Å². The first-order chi connectivity index (χ1) is 10.5. The van der Waals surface area contributed by atoms with Gasteiger partial charge in [0.15, 0.2) is 6.10 Å². The van der Waals surface area contributed by atoms with Crippen LogP contribution in [-0.4, -0.2) is 42.1 Å². The summed E-state index contributed by atoms with van der Waals surface area (Å²) in [5.74, 6) is 0.380. The lowest BCUT2D eigenvalue weighted by atomic mass is 10.1. The second-order valence-electron chi connectivity index (χ2n) is 6.23. The second kappa shape index (κ2) is 6.26. The summed E-state index contributed by atoms with van der Waals surface area (Å²) in [6.07, 6.45) is 2.76. The summed E-state index contributed by atoms with van der Waals surface area (Å²) in [5, 5.41) is 4.10. The zero-order valence-electron chi connectivity index (χ0n) is 12.6. The van der Waals surface area contributed by atoms with E-state index in [1.165, 1.54) is 6.42 Å². The molecule has 1 aromatic carbocycles. The topological polar surface area (TPSA) is 41.6 Å². The number of carbonyl (C=O) groups is 1. The molecule has 1 amide bonds. The summed E-state index contributed by atoms with van der Waals surface area (Å²) in [6.45, 7) is 4.97. The van der Waals surface area contributed by atoms with Gasteiger partial charge >= 0.3 is 0 Å². The van der Waals surface area contributed by atoms with E-state index in [2.05, 4.69) is 10.2 Å². The van der Waals surface area contributed by atoms with Gasteiger partial charge in [0.05, 0.1) is 10.6 Å². The summed E-state index contributed by atoms with van der Waals surface area (Å²) >= 11 is 11.9. The lowest BCUT2D eigenvalue weighted by Gasteiger charge is -2.35. The van der Waals surface area contributed by atoms with Gasteiger partial charge in [0.25, 0.3) is 5.91 Å². The predicted octanol–water partition coefficient (Wildman–Crippen LogP) is 3.12. The molecule has 1 heterocycles. The number of nitrogens with one attached hydrogen (secondary N) is 1. The molecule has 1 aliphatic heterocycles. The van der Waals surface area contributed by atoms with Gasteiger partial charge in [-0.15, -0.1) is 0 Å². The summed E-state index contributed by atoms with van der Waals surface area (Å²) in [7, 11) is 0. The fourth-order valence-corrected chi connectivity index (χ4v) is 3.07. The number of halogens is 2. The Hall–Kier alpha value is -0.970. The number of benzene rings is 1. The summed E-state index contributed by atoms with van der Waals surface area (Å²) < 4.78 is 5.66. The lowest BCUT2D eigenvalue weighted by molar-refractivity contribution is -0.128. The number of carbonyl (C=O) groups excluding carboxylic acids is 1. The van der Waals surface area contributed by atoms with Crippen LogP contribution in [0.4, 0.5) is 0 Å². The molecular weight excluding hydrogens is 323 g/mol. The first-order valence-corrected chi connectivity index (χ1v) is 8.39. The Kier molecular flexibility index (Phi) is 4.53. The fourth-order valence-electron chi connectivity index (χ4n) is 2.62. The van der Waals surface area contributed by atoms with E-state index >= 15 is 0 Å². The molecule has 22 heavy (non-hydrogen) atoms. The van der Waals surface area contributed by atoms with Crippen molar-refractivity contribution in [3.05, 3.63) is 28.2 Å². The molecule has 2 fully saturated rings. The average Bonchev–Trinajstić information content (AvgIpc) is 3.17. The molecule has 0 bridgehead atoms. The summed E-state index contributed by atoms with van der Waals surface area (Å²) in [6, 6.07) is 4.98. The van der Waals surface area contributed by atoms with Crippen molar-refractivity contribution in [2.45, 2.75) is 37.8 Å². The van der Waals surface area contributed by atoms with Gasteiger partial charge in [0.2, 0.25) is 0 Å². The Morgan fingerprint density at radius 1 is 1.41 bits per heavy atom. The summed E-state index contributed by atoms with van der Waals surface area (Å²) in [4.78, 5) is 14.7. The van der Waals surface area contributed by atoms with E-state index in [0.717, 1.165) is 32.5 Å². The van der Waals surface area contributed by atoms with E-state index in [4.69, 9.17) is 27.9 Å². The SMILES string of the molecule is CC(Oc1ccc(Cl)cc1Cl)C(=O)NC1(CN2CCC2)CC1. The molecule has 1 saturated carbocycles. The minimum atomic E-state index is -0.590. The monoisotopic (exact) mass is 342 g/mol. The van der Waals surface area contributed by atoms with Crippen LogP contribution < -0.4 is 10.1 Å². The van der Waals surface area contributed by atoms with Crippen LogP contribution in [-0.2, 0) is 4.79 Å². The number of rotatable bonds is 6. The van der Waals surface area contributed by atoms with E-state index in [1.807, 2.05) is 0 Å². The van der Waals surface area contributed by atoms with Crippen LogP contribution in [0.15, 0.2) is 18.2 Å². The molecule has 1 saturated heterocycles. The van der Waals surface area contributed by atoms with Crippen molar-refractivity contribution in [3.8, 4) is 5.75 Å². The number of likely N-dealkylation sites (tertiary alicyclic amines) is 1. The molecule has 1 N–H and O–H groups in total. The molecule has 1 atom stereocenters.